The molecule has 1 amide bonds. The molecule has 21 heavy (non-hydrogen) atoms. The molecule has 0 saturated carbocycles. The lowest BCUT2D eigenvalue weighted by atomic mass is 9.99. The summed E-state index contributed by atoms with van der Waals surface area (Å²) in [5.74, 6) is 0.357. The molecular weight excluding hydrogens is 276 g/mol. The van der Waals surface area contributed by atoms with E-state index >= 15 is 0 Å². The van der Waals surface area contributed by atoms with E-state index in [1.807, 2.05) is 20.8 Å². The van der Waals surface area contributed by atoms with Gasteiger partial charge in [-0.15, -0.1) is 0 Å². The maximum atomic E-state index is 12.1. The Morgan fingerprint density at radius 3 is 2.81 bits per heavy atom. The number of carbonyl (C=O) groups excluding carboxylic acids is 1. The third-order valence-electron chi connectivity index (χ3n) is 3.23. The molecule has 118 valence electrons. The number of pyridine rings is 1. The minimum absolute atomic E-state index is 0.447. The number of rotatable bonds is 4. The van der Waals surface area contributed by atoms with E-state index in [1.165, 1.54) is 0 Å². The second-order valence-corrected chi connectivity index (χ2v) is 4.45. The van der Waals surface area contributed by atoms with Crippen LogP contribution in [0.2, 0.25) is 0 Å². The first kappa shape index (κ1) is 17.3. The number of nitrogens with one attached hydrogen (secondary N) is 1. The molecule has 0 saturated heterocycles. The zero-order valence-electron chi connectivity index (χ0n) is 12.8. The van der Waals surface area contributed by atoms with E-state index in [9.17, 15) is 13.6 Å². The maximum absolute atomic E-state index is 12.1. The topological polar surface area (TPSA) is 45.2 Å². The van der Waals surface area contributed by atoms with E-state index in [4.69, 9.17) is 0 Å². The first-order chi connectivity index (χ1) is 10.1. The molecule has 1 aliphatic rings. The van der Waals surface area contributed by atoms with Gasteiger partial charge in [0.2, 0.25) is 0 Å². The van der Waals surface area contributed by atoms with Crippen LogP contribution in [0, 0.1) is 0 Å². The third kappa shape index (κ3) is 4.37. The molecule has 1 N–H and O–H groups in total. The van der Waals surface area contributed by atoms with Crippen LogP contribution in [0.3, 0.4) is 0 Å². The van der Waals surface area contributed by atoms with Crippen molar-refractivity contribution in [3.8, 4) is 0 Å². The van der Waals surface area contributed by atoms with E-state index in [0.717, 1.165) is 37.3 Å². The van der Waals surface area contributed by atoms with Crippen molar-refractivity contribution in [1.29, 1.82) is 0 Å². The summed E-state index contributed by atoms with van der Waals surface area (Å²) in [6.07, 6.45) is 0.733. The fraction of sp³-hybridized carbons (Fsp3) is 0.600. The molecule has 1 aliphatic heterocycles. The smallest absolute Gasteiger partial charge is 0.255 e. The van der Waals surface area contributed by atoms with Crippen LogP contribution in [0.1, 0.15) is 43.1 Å². The largest absolute Gasteiger partial charge is 0.357 e. The number of carbonyl (C=O) groups is 1. The van der Waals surface area contributed by atoms with Crippen molar-refractivity contribution < 1.29 is 13.6 Å². The second-order valence-electron chi connectivity index (χ2n) is 4.45. The first-order valence-electron chi connectivity index (χ1n) is 7.42. The van der Waals surface area contributed by atoms with Gasteiger partial charge in [0.1, 0.15) is 5.82 Å². The van der Waals surface area contributed by atoms with Gasteiger partial charge >= 0.3 is 0 Å². The average Bonchev–Trinajstić information content (AvgIpc) is 2.53. The van der Waals surface area contributed by atoms with Crippen molar-refractivity contribution in [3.05, 3.63) is 23.4 Å². The Morgan fingerprint density at radius 1 is 1.48 bits per heavy atom. The van der Waals surface area contributed by atoms with Gasteiger partial charge in [0.05, 0.1) is 6.54 Å². The molecule has 0 spiro atoms. The van der Waals surface area contributed by atoms with Gasteiger partial charge in [0.25, 0.3) is 12.3 Å². The molecule has 0 aromatic carbocycles. The molecule has 0 unspecified atom stereocenters. The highest BCUT2D eigenvalue weighted by atomic mass is 19.3. The molecule has 2 heterocycles. The van der Waals surface area contributed by atoms with Crippen LogP contribution in [0.5, 0.6) is 0 Å². The number of hydrogen-bond donors (Lipinski definition) is 1. The van der Waals surface area contributed by atoms with Crippen molar-refractivity contribution in [2.24, 2.45) is 0 Å². The summed E-state index contributed by atoms with van der Waals surface area (Å²) in [4.78, 5) is 18.3. The summed E-state index contributed by atoms with van der Waals surface area (Å²) in [6, 6.07) is 1.60. The van der Waals surface area contributed by atoms with E-state index in [1.54, 1.807) is 12.3 Å². The predicted octanol–water partition coefficient (Wildman–Crippen LogP) is 2.88. The number of nitrogens with zero attached hydrogens (tertiary/aromatic N) is 2. The Morgan fingerprint density at radius 2 is 2.19 bits per heavy atom. The number of aromatic nitrogens is 1. The van der Waals surface area contributed by atoms with E-state index in [-0.39, 0.29) is 0 Å². The lowest BCUT2D eigenvalue weighted by Gasteiger charge is -2.29. The minimum Gasteiger partial charge on any atom is -0.357 e. The van der Waals surface area contributed by atoms with Gasteiger partial charge in [-0.25, -0.2) is 13.8 Å². The average molecular weight is 299 g/mol. The molecule has 0 atom stereocenters. The highest BCUT2D eigenvalue weighted by molar-refractivity contribution is 5.96. The van der Waals surface area contributed by atoms with Crippen molar-refractivity contribution in [2.75, 3.05) is 24.5 Å². The zero-order valence-corrected chi connectivity index (χ0v) is 12.8. The molecule has 0 fully saturated rings. The van der Waals surface area contributed by atoms with Gasteiger partial charge in [-0.1, -0.05) is 13.8 Å². The Balaban J connectivity index is 0.00000106. The summed E-state index contributed by atoms with van der Waals surface area (Å²) in [5.41, 5.74) is 1.33. The summed E-state index contributed by atoms with van der Waals surface area (Å²) in [6.45, 7) is 7.15. The molecule has 0 aliphatic carbocycles. The van der Waals surface area contributed by atoms with Crippen LogP contribution in [0.25, 0.3) is 0 Å². The normalized spacial score (nSPS) is 13.3. The Bertz CT molecular complexity index is 466. The number of fused-ring (bicyclic) bond motifs is 1. The second kappa shape index (κ2) is 8.54. The molecular formula is C15H23F2N3O. The van der Waals surface area contributed by atoms with Gasteiger partial charge in [-0.3, -0.25) is 4.79 Å². The van der Waals surface area contributed by atoms with Crippen LogP contribution in [-0.4, -0.2) is 37.0 Å². The summed E-state index contributed by atoms with van der Waals surface area (Å²) < 4.78 is 24.3. The lowest BCUT2D eigenvalue weighted by molar-refractivity contribution is 0.0890. The first-order valence-corrected chi connectivity index (χ1v) is 7.42. The number of hydrogen-bond acceptors (Lipinski definition) is 3. The molecule has 1 aromatic heterocycles. The van der Waals surface area contributed by atoms with Crippen LogP contribution in [0.4, 0.5) is 14.6 Å². The minimum atomic E-state index is -2.53. The Labute approximate surface area is 124 Å². The summed E-state index contributed by atoms with van der Waals surface area (Å²) in [5, 5.41) is 2.25. The van der Waals surface area contributed by atoms with Gasteiger partial charge in [-0.2, -0.15) is 0 Å². The predicted molar refractivity (Wildman–Crippen MR) is 80.1 cm³/mol. The number of amides is 1. The molecule has 0 radical (unpaired) electrons. The fourth-order valence-electron chi connectivity index (χ4n) is 2.34. The highest BCUT2D eigenvalue weighted by Crippen LogP contribution is 2.27. The van der Waals surface area contributed by atoms with Gasteiger partial charge < -0.3 is 10.2 Å². The van der Waals surface area contributed by atoms with Crippen molar-refractivity contribution in [1.82, 2.24) is 10.3 Å². The number of alkyl halides is 2. The summed E-state index contributed by atoms with van der Waals surface area (Å²) >= 11 is 0. The van der Waals surface area contributed by atoms with Gasteiger partial charge in [0, 0.05) is 30.4 Å². The molecule has 2 rings (SSSR count). The van der Waals surface area contributed by atoms with Crippen molar-refractivity contribution >= 4 is 11.7 Å². The van der Waals surface area contributed by atoms with Crippen molar-refractivity contribution in [2.45, 2.75) is 40.0 Å². The molecule has 1 aromatic rings. The maximum Gasteiger partial charge on any atom is 0.255 e. The van der Waals surface area contributed by atoms with Crippen molar-refractivity contribution in [3.63, 3.8) is 0 Å². The van der Waals surface area contributed by atoms with Gasteiger partial charge in [0.15, 0.2) is 0 Å². The number of halogens is 2. The monoisotopic (exact) mass is 299 g/mol. The van der Waals surface area contributed by atoms with Crippen LogP contribution in [-0.2, 0) is 6.42 Å². The molecule has 4 nitrogen and oxygen atoms in total. The van der Waals surface area contributed by atoms with E-state index in [0.29, 0.717) is 5.56 Å². The molecule has 0 bridgehead atoms. The van der Waals surface area contributed by atoms with Crippen LogP contribution >= 0.6 is 0 Å². The highest BCUT2D eigenvalue weighted by Gasteiger charge is 2.22. The third-order valence-corrected chi connectivity index (χ3v) is 3.23. The van der Waals surface area contributed by atoms with Crippen LogP contribution in [0.15, 0.2) is 12.3 Å². The standard InChI is InChI=1S/C13H17F2N3O.C2H6/c1-2-18-7-3-4-9-10(5-6-16-12(9)18)13(19)17-8-11(14)15;1-2/h5-6,11H,2-4,7-8H2,1H3,(H,17,19);1-2H3. The SMILES string of the molecule is CC.CCN1CCCc2c(C(=O)NCC(F)F)ccnc21. The zero-order chi connectivity index (χ0) is 15.8. The number of anilines is 1. The Kier molecular flexibility index (Phi) is 7.05. The Hall–Kier alpha value is -1.72. The lowest BCUT2D eigenvalue weighted by Crippen LogP contribution is -2.33. The van der Waals surface area contributed by atoms with E-state index in [2.05, 4.69) is 15.2 Å². The fourth-order valence-corrected chi connectivity index (χ4v) is 2.34. The summed E-state index contributed by atoms with van der Waals surface area (Å²) in [7, 11) is 0. The quantitative estimate of drug-likeness (QED) is 0.930. The van der Waals surface area contributed by atoms with Gasteiger partial charge in [-0.05, 0) is 25.8 Å². The van der Waals surface area contributed by atoms with Crippen LogP contribution < -0.4 is 10.2 Å². The molecule has 6 heteroatoms. The van der Waals surface area contributed by atoms with E-state index < -0.39 is 18.9 Å².